The zero-order valence-corrected chi connectivity index (χ0v) is 20.0. The van der Waals surface area contributed by atoms with Gasteiger partial charge in [-0.25, -0.2) is 4.79 Å². The summed E-state index contributed by atoms with van der Waals surface area (Å²) >= 11 is 0. The SMILES string of the molecule is CCN1CCCC1CN(Cc1cc2cc(OC)ccc2[nH]c1=O)C(=O)Nc1ccccc1OC. The lowest BCUT2D eigenvalue weighted by Gasteiger charge is -2.30. The number of aromatic amines is 1. The molecule has 8 nitrogen and oxygen atoms in total. The molecule has 2 amide bonds. The molecule has 1 unspecified atom stereocenters. The molecule has 2 heterocycles. The lowest BCUT2D eigenvalue weighted by Crippen LogP contribution is -2.45. The Balaban J connectivity index is 1.64. The zero-order valence-electron chi connectivity index (χ0n) is 20.0. The number of nitrogens with zero attached hydrogens (tertiary/aromatic N) is 2. The van der Waals surface area contributed by atoms with Gasteiger partial charge in [0.15, 0.2) is 0 Å². The Morgan fingerprint density at radius 3 is 2.76 bits per heavy atom. The maximum absolute atomic E-state index is 13.5. The number of aromatic nitrogens is 1. The van der Waals surface area contributed by atoms with Gasteiger partial charge in [0.25, 0.3) is 5.56 Å². The number of carbonyl (C=O) groups is 1. The number of likely N-dealkylation sites (N-methyl/N-ethyl adjacent to an activating group) is 1. The van der Waals surface area contributed by atoms with Crippen molar-refractivity contribution >= 4 is 22.6 Å². The third-order valence-corrected chi connectivity index (χ3v) is 6.46. The number of pyridine rings is 1. The second-order valence-corrected chi connectivity index (χ2v) is 8.51. The lowest BCUT2D eigenvalue weighted by atomic mass is 10.1. The Bertz CT molecular complexity index is 1210. The number of hydrogen-bond acceptors (Lipinski definition) is 5. The summed E-state index contributed by atoms with van der Waals surface area (Å²) in [5.74, 6) is 1.29. The van der Waals surface area contributed by atoms with Crippen LogP contribution >= 0.6 is 0 Å². The van der Waals surface area contributed by atoms with E-state index >= 15 is 0 Å². The highest BCUT2D eigenvalue weighted by molar-refractivity contribution is 5.91. The Morgan fingerprint density at radius 2 is 2.00 bits per heavy atom. The molecule has 1 fully saturated rings. The molecule has 0 spiro atoms. The summed E-state index contributed by atoms with van der Waals surface area (Å²) in [5.41, 5.74) is 1.65. The van der Waals surface area contributed by atoms with Gasteiger partial charge in [0.05, 0.1) is 26.5 Å². The Kier molecular flexibility index (Phi) is 7.37. The van der Waals surface area contributed by atoms with E-state index in [9.17, 15) is 9.59 Å². The number of fused-ring (bicyclic) bond motifs is 1. The van der Waals surface area contributed by atoms with Gasteiger partial charge in [-0.05, 0) is 62.3 Å². The first-order valence-electron chi connectivity index (χ1n) is 11.6. The highest BCUT2D eigenvalue weighted by Crippen LogP contribution is 2.25. The molecule has 8 heteroatoms. The van der Waals surface area contributed by atoms with E-state index in [1.807, 2.05) is 36.4 Å². The van der Waals surface area contributed by atoms with Crippen molar-refractivity contribution in [2.75, 3.05) is 39.2 Å². The minimum Gasteiger partial charge on any atom is -0.497 e. The Hall–Kier alpha value is -3.52. The molecule has 1 aromatic heterocycles. The summed E-state index contributed by atoms with van der Waals surface area (Å²) in [7, 11) is 3.18. The van der Waals surface area contributed by atoms with E-state index in [0.717, 1.165) is 36.8 Å². The van der Waals surface area contributed by atoms with Crippen molar-refractivity contribution in [1.82, 2.24) is 14.8 Å². The van der Waals surface area contributed by atoms with Gasteiger partial charge in [-0.3, -0.25) is 9.69 Å². The van der Waals surface area contributed by atoms with E-state index in [2.05, 4.69) is 22.1 Å². The van der Waals surface area contributed by atoms with Crippen LogP contribution in [0.3, 0.4) is 0 Å². The van der Waals surface area contributed by atoms with E-state index in [1.165, 1.54) is 0 Å². The van der Waals surface area contributed by atoms with Gasteiger partial charge in [-0.1, -0.05) is 19.1 Å². The third kappa shape index (κ3) is 5.17. The number of para-hydroxylation sites is 2. The van der Waals surface area contributed by atoms with E-state index < -0.39 is 0 Å². The van der Waals surface area contributed by atoms with Crippen molar-refractivity contribution < 1.29 is 14.3 Å². The van der Waals surface area contributed by atoms with E-state index in [0.29, 0.717) is 29.3 Å². The normalized spacial score (nSPS) is 15.9. The van der Waals surface area contributed by atoms with Crippen LogP contribution in [0.25, 0.3) is 10.9 Å². The van der Waals surface area contributed by atoms with Crippen LogP contribution in [0, 0.1) is 0 Å². The first-order chi connectivity index (χ1) is 16.5. The molecule has 4 rings (SSSR count). The van der Waals surface area contributed by atoms with Gasteiger partial charge in [-0.2, -0.15) is 0 Å². The second-order valence-electron chi connectivity index (χ2n) is 8.51. The summed E-state index contributed by atoms with van der Waals surface area (Å²) < 4.78 is 10.7. The smallest absolute Gasteiger partial charge is 0.322 e. The highest BCUT2D eigenvalue weighted by Gasteiger charge is 2.28. The van der Waals surface area contributed by atoms with E-state index in [4.69, 9.17) is 9.47 Å². The number of rotatable bonds is 8. The fraction of sp³-hybridized carbons (Fsp3) is 0.385. The van der Waals surface area contributed by atoms with Crippen LogP contribution in [0.5, 0.6) is 11.5 Å². The first kappa shape index (κ1) is 23.6. The molecule has 0 bridgehead atoms. The van der Waals surface area contributed by atoms with Gasteiger partial charge < -0.3 is 24.7 Å². The number of likely N-dealkylation sites (tertiary alicyclic amines) is 1. The number of anilines is 1. The summed E-state index contributed by atoms with van der Waals surface area (Å²) in [6.45, 7) is 4.82. The zero-order chi connectivity index (χ0) is 24.1. The van der Waals surface area contributed by atoms with Crippen molar-refractivity contribution in [3.05, 3.63) is 64.4 Å². The molecule has 1 atom stereocenters. The number of nitrogens with one attached hydrogen (secondary N) is 2. The molecule has 2 N–H and O–H groups in total. The molecule has 180 valence electrons. The van der Waals surface area contributed by atoms with Gasteiger partial charge >= 0.3 is 6.03 Å². The van der Waals surface area contributed by atoms with E-state index in [-0.39, 0.29) is 24.2 Å². The molecule has 3 aromatic rings. The predicted molar refractivity (Wildman–Crippen MR) is 134 cm³/mol. The van der Waals surface area contributed by atoms with Crippen LogP contribution in [-0.2, 0) is 6.54 Å². The predicted octanol–water partition coefficient (Wildman–Crippen LogP) is 4.06. The van der Waals surface area contributed by atoms with Crippen LogP contribution in [-0.4, -0.2) is 60.7 Å². The van der Waals surface area contributed by atoms with E-state index in [1.54, 1.807) is 31.3 Å². The summed E-state index contributed by atoms with van der Waals surface area (Å²) in [6.07, 6.45) is 2.13. The monoisotopic (exact) mass is 464 g/mol. The number of benzene rings is 2. The van der Waals surface area contributed by atoms with Crippen LogP contribution in [0.1, 0.15) is 25.3 Å². The number of H-pyrrole nitrogens is 1. The van der Waals surface area contributed by atoms with Crippen LogP contribution in [0.15, 0.2) is 53.3 Å². The maximum atomic E-state index is 13.5. The molecule has 34 heavy (non-hydrogen) atoms. The molecular formula is C26H32N4O4. The van der Waals surface area contributed by atoms with Crippen LogP contribution in [0.2, 0.25) is 0 Å². The molecule has 2 aromatic carbocycles. The topological polar surface area (TPSA) is 86.9 Å². The molecule has 0 aliphatic carbocycles. The molecule has 0 saturated carbocycles. The number of methoxy groups -OCH3 is 2. The van der Waals surface area contributed by atoms with Crippen molar-refractivity contribution in [2.24, 2.45) is 0 Å². The van der Waals surface area contributed by atoms with Gasteiger partial charge in [0, 0.05) is 29.1 Å². The van der Waals surface area contributed by atoms with Crippen molar-refractivity contribution in [3.63, 3.8) is 0 Å². The van der Waals surface area contributed by atoms with Gasteiger partial charge in [-0.15, -0.1) is 0 Å². The first-order valence-corrected chi connectivity index (χ1v) is 11.6. The van der Waals surface area contributed by atoms with Crippen molar-refractivity contribution in [2.45, 2.75) is 32.4 Å². The Labute approximate surface area is 199 Å². The second kappa shape index (κ2) is 10.6. The minimum atomic E-state index is -0.266. The number of urea groups is 1. The average Bonchev–Trinajstić information content (AvgIpc) is 3.31. The van der Waals surface area contributed by atoms with Gasteiger partial charge in [0.2, 0.25) is 0 Å². The molecule has 0 radical (unpaired) electrons. The molecule has 1 saturated heterocycles. The molecule has 1 aliphatic rings. The van der Waals surface area contributed by atoms with Gasteiger partial charge in [0.1, 0.15) is 11.5 Å². The average molecular weight is 465 g/mol. The minimum absolute atomic E-state index is 0.192. The Morgan fingerprint density at radius 1 is 1.18 bits per heavy atom. The number of amides is 2. The summed E-state index contributed by atoms with van der Waals surface area (Å²) in [6, 6.07) is 14.6. The largest absolute Gasteiger partial charge is 0.497 e. The summed E-state index contributed by atoms with van der Waals surface area (Å²) in [5, 5.41) is 3.83. The van der Waals surface area contributed by atoms with Crippen molar-refractivity contribution in [3.8, 4) is 11.5 Å². The summed E-state index contributed by atoms with van der Waals surface area (Å²) in [4.78, 5) is 33.4. The fourth-order valence-corrected chi connectivity index (χ4v) is 4.61. The molecular weight excluding hydrogens is 432 g/mol. The van der Waals surface area contributed by atoms with Crippen LogP contribution < -0.4 is 20.3 Å². The number of ether oxygens (including phenoxy) is 2. The number of hydrogen-bond donors (Lipinski definition) is 2. The third-order valence-electron chi connectivity index (χ3n) is 6.46. The highest BCUT2D eigenvalue weighted by atomic mass is 16.5. The standard InChI is InChI=1S/C26H32N4O4/c1-4-29-13-7-8-20(29)17-30(26(32)28-23-9-5-6-10-24(23)34-3)16-19-14-18-15-21(33-2)11-12-22(18)27-25(19)31/h5-6,9-12,14-15,20H,4,7-8,13,16-17H2,1-3H3,(H,27,31)(H,28,32). The lowest BCUT2D eigenvalue weighted by molar-refractivity contribution is 0.174. The number of carbonyl (C=O) groups excluding carboxylic acids is 1. The quantitative estimate of drug-likeness (QED) is 0.525. The maximum Gasteiger partial charge on any atom is 0.322 e. The van der Waals surface area contributed by atoms with Crippen LogP contribution in [0.4, 0.5) is 10.5 Å². The molecule has 1 aliphatic heterocycles. The van der Waals surface area contributed by atoms with Crippen molar-refractivity contribution in [1.29, 1.82) is 0 Å². The fourth-order valence-electron chi connectivity index (χ4n) is 4.61.